The molecule has 8 aromatic carbocycles. The Balaban J connectivity index is 1.01. The van der Waals surface area contributed by atoms with E-state index >= 15 is 0 Å². The van der Waals surface area contributed by atoms with Crippen molar-refractivity contribution in [2.75, 3.05) is 4.90 Å². The lowest BCUT2D eigenvalue weighted by Gasteiger charge is -2.28. The first kappa shape index (κ1) is 31.5. The van der Waals surface area contributed by atoms with Crippen molar-refractivity contribution in [3.05, 3.63) is 187 Å². The third-order valence-electron chi connectivity index (χ3n) is 11.4. The van der Waals surface area contributed by atoms with Crippen molar-refractivity contribution in [1.29, 1.82) is 0 Å². The zero-order valence-electron chi connectivity index (χ0n) is 30.5. The molecule has 4 heteroatoms. The van der Waals surface area contributed by atoms with Crippen molar-refractivity contribution < 1.29 is 4.42 Å². The third-order valence-corrected chi connectivity index (χ3v) is 11.4. The van der Waals surface area contributed by atoms with Gasteiger partial charge in [0.05, 0.1) is 11.2 Å². The number of fused-ring (bicyclic) bond motifs is 8. The maximum atomic E-state index is 6.34. The lowest BCUT2D eigenvalue weighted by Crippen LogP contribution is -2.16. The van der Waals surface area contributed by atoms with Crippen LogP contribution < -0.4 is 4.90 Å². The topological polar surface area (TPSA) is 42.2 Å². The van der Waals surface area contributed by atoms with Gasteiger partial charge in [0.1, 0.15) is 11.2 Å². The standard InChI is InChI=1S/C51H35N3O/c1-51(2)44-18-10-8-16-39(44)40-26-25-38(31-45(40)51)54(36-14-4-3-5-15-36)37-23-20-32(21-24-37)50-52-46-19-11-9-17-41(46)49(53-50)35-22-27-47-42(29-35)43-28-33-12-6-7-13-34(33)30-48(43)55-47/h3-31H,1-2H3. The van der Waals surface area contributed by atoms with Crippen LogP contribution in [0.25, 0.3) is 77.4 Å². The molecule has 0 spiro atoms. The Morgan fingerprint density at radius 3 is 1.96 bits per heavy atom. The van der Waals surface area contributed by atoms with Crippen LogP contribution in [0.3, 0.4) is 0 Å². The smallest absolute Gasteiger partial charge is 0.160 e. The molecule has 0 amide bonds. The predicted molar refractivity (Wildman–Crippen MR) is 227 cm³/mol. The lowest BCUT2D eigenvalue weighted by atomic mass is 9.82. The molecule has 260 valence electrons. The van der Waals surface area contributed by atoms with Crippen LogP contribution >= 0.6 is 0 Å². The highest BCUT2D eigenvalue weighted by Gasteiger charge is 2.35. The van der Waals surface area contributed by atoms with Crippen molar-refractivity contribution in [3.63, 3.8) is 0 Å². The van der Waals surface area contributed by atoms with E-state index in [0.29, 0.717) is 5.82 Å². The second kappa shape index (κ2) is 12.0. The number of benzene rings is 8. The van der Waals surface area contributed by atoms with Crippen LogP contribution in [-0.2, 0) is 5.41 Å². The molecule has 2 aromatic heterocycles. The number of hydrogen-bond acceptors (Lipinski definition) is 4. The summed E-state index contributed by atoms with van der Waals surface area (Å²) in [6.07, 6.45) is 0. The number of aromatic nitrogens is 2. The molecular weight excluding hydrogens is 671 g/mol. The molecule has 2 heterocycles. The molecule has 11 rings (SSSR count). The molecule has 0 aliphatic heterocycles. The number of rotatable bonds is 5. The molecular formula is C51H35N3O. The van der Waals surface area contributed by atoms with E-state index in [1.54, 1.807) is 0 Å². The van der Waals surface area contributed by atoms with E-state index in [1.807, 2.05) is 6.07 Å². The van der Waals surface area contributed by atoms with Gasteiger partial charge in [-0.05, 0) is 118 Å². The van der Waals surface area contributed by atoms with E-state index < -0.39 is 0 Å². The molecule has 1 aliphatic carbocycles. The van der Waals surface area contributed by atoms with E-state index in [4.69, 9.17) is 14.4 Å². The molecule has 1 aliphatic rings. The van der Waals surface area contributed by atoms with Crippen LogP contribution in [0, 0.1) is 0 Å². The van der Waals surface area contributed by atoms with Gasteiger partial charge in [-0.25, -0.2) is 9.97 Å². The summed E-state index contributed by atoms with van der Waals surface area (Å²) in [5.41, 5.74) is 14.1. The Hall–Kier alpha value is -7.04. The van der Waals surface area contributed by atoms with Crippen LogP contribution in [-0.4, -0.2) is 9.97 Å². The highest BCUT2D eigenvalue weighted by Crippen LogP contribution is 2.50. The number of anilines is 3. The summed E-state index contributed by atoms with van der Waals surface area (Å²) in [7, 11) is 0. The van der Waals surface area contributed by atoms with Gasteiger partial charge in [-0.1, -0.05) is 105 Å². The Morgan fingerprint density at radius 2 is 1.11 bits per heavy atom. The zero-order chi connectivity index (χ0) is 36.7. The fourth-order valence-corrected chi connectivity index (χ4v) is 8.65. The first-order valence-corrected chi connectivity index (χ1v) is 18.8. The average molecular weight is 706 g/mol. The molecule has 0 saturated heterocycles. The van der Waals surface area contributed by atoms with Gasteiger partial charge in [-0.15, -0.1) is 0 Å². The van der Waals surface area contributed by atoms with Crippen LogP contribution in [0.1, 0.15) is 25.0 Å². The van der Waals surface area contributed by atoms with E-state index in [9.17, 15) is 0 Å². The van der Waals surface area contributed by atoms with E-state index in [1.165, 1.54) is 33.0 Å². The quantitative estimate of drug-likeness (QED) is 0.179. The summed E-state index contributed by atoms with van der Waals surface area (Å²) in [6, 6.07) is 62.4. The van der Waals surface area contributed by atoms with E-state index in [-0.39, 0.29) is 5.41 Å². The summed E-state index contributed by atoms with van der Waals surface area (Å²) < 4.78 is 6.34. The summed E-state index contributed by atoms with van der Waals surface area (Å²) in [5.74, 6) is 0.687. The van der Waals surface area contributed by atoms with E-state index in [2.05, 4.69) is 189 Å². The third kappa shape index (κ3) is 4.99. The minimum absolute atomic E-state index is 0.0943. The molecule has 0 radical (unpaired) electrons. The second-order valence-corrected chi connectivity index (χ2v) is 15.0. The average Bonchev–Trinajstić information content (AvgIpc) is 3.70. The molecule has 55 heavy (non-hydrogen) atoms. The molecule has 10 aromatic rings. The van der Waals surface area contributed by atoms with Gasteiger partial charge in [-0.2, -0.15) is 0 Å². The summed E-state index contributed by atoms with van der Waals surface area (Å²) in [5, 5.41) is 5.55. The van der Waals surface area contributed by atoms with Crippen LogP contribution in [0.15, 0.2) is 180 Å². The van der Waals surface area contributed by atoms with Crippen molar-refractivity contribution in [2.24, 2.45) is 0 Å². The highest BCUT2D eigenvalue weighted by atomic mass is 16.3. The predicted octanol–water partition coefficient (Wildman–Crippen LogP) is 13.8. The van der Waals surface area contributed by atoms with E-state index in [0.717, 1.165) is 66.7 Å². The fourth-order valence-electron chi connectivity index (χ4n) is 8.65. The summed E-state index contributed by atoms with van der Waals surface area (Å²) >= 11 is 0. The van der Waals surface area contributed by atoms with Gasteiger partial charge in [0.15, 0.2) is 5.82 Å². The lowest BCUT2D eigenvalue weighted by molar-refractivity contribution is 0.660. The maximum Gasteiger partial charge on any atom is 0.160 e. The SMILES string of the molecule is CC1(C)c2ccccc2-c2ccc(N(c3ccccc3)c3ccc(-c4nc(-c5ccc6oc7cc8ccccc8cc7c6c5)c5ccccc5n4)cc3)cc21. The van der Waals surface area contributed by atoms with Crippen molar-refractivity contribution >= 4 is 60.7 Å². The number of hydrogen-bond donors (Lipinski definition) is 0. The molecule has 0 unspecified atom stereocenters. The highest BCUT2D eigenvalue weighted by molar-refractivity contribution is 6.11. The van der Waals surface area contributed by atoms with Crippen LogP contribution in [0.2, 0.25) is 0 Å². The second-order valence-electron chi connectivity index (χ2n) is 15.0. The van der Waals surface area contributed by atoms with Gasteiger partial charge in [0.2, 0.25) is 0 Å². The van der Waals surface area contributed by atoms with Crippen LogP contribution in [0.4, 0.5) is 17.1 Å². The summed E-state index contributed by atoms with van der Waals surface area (Å²) in [4.78, 5) is 12.7. The van der Waals surface area contributed by atoms with Gasteiger partial charge in [0.25, 0.3) is 0 Å². The van der Waals surface area contributed by atoms with Gasteiger partial charge < -0.3 is 9.32 Å². The molecule has 0 N–H and O–H groups in total. The Bertz CT molecular complexity index is 3120. The Labute approximate surface area is 319 Å². The number of furan rings is 1. The van der Waals surface area contributed by atoms with Crippen LogP contribution in [0.5, 0.6) is 0 Å². The van der Waals surface area contributed by atoms with Crippen molar-refractivity contribution in [1.82, 2.24) is 9.97 Å². The first-order chi connectivity index (χ1) is 27.0. The summed E-state index contributed by atoms with van der Waals surface area (Å²) in [6.45, 7) is 4.66. The molecule has 0 atom stereocenters. The van der Waals surface area contributed by atoms with Gasteiger partial charge in [0, 0.05) is 49.8 Å². The maximum absolute atomic E-state index is 6.34. The molecule has 4 nitrogen and oxygen atoms in total. The number of para-hydroxylation sites is 2. The Kier molecular flexibility index (Phi) is 6.86. The molecule has 0 saturated carbocycles. The monoisotopic (exact) mass is 705 g/mol. The zero-order valence-corrected chi connectivity index (χ0v) is 30.5. The van der Waals surface area contributed by atoms with Crippen molar-refractivity contribution in [2.45, 2.75) is 19.3 Å². The van der Waals surface area contributed by atoms with Gasteiger partial charge in [-0.3, -0.25) is 0 Å². The fraction of sp³-hybridized carbons (Fsp3) is 0.0588. The minimum Gasteiger partial charge on any atom is -0.456 e. The normalized spacial score (nSPS) is 13.1. The molecule has 0 fully saturated rings. The number of nitrogens with zero attached hydrogens (tertiary/aromatic N) is 3. The minimum atomic E-state index is -0.0943. The van der Waals surface area contributed by atoms with Gasteiger partial charge >= 0.3 is 0 Å². The largest absolute Gasteiger partial charge is 0.456 e. The molecule has 0 bridgehead atoms. The Morgan fingerprint density at radius 1 is 0.455 bits per heavy atom. The first-order valence-electron chi connectivity index (χ1n) is 18.8. The van der Waals surface area contributed by atoms with Crippen molar-refractivity contribution in [3.8, 4) is 33.8 Å².